The van der Waals surface area contributed by atoms with Gasteiger partial charge in [0.2, 0.25) is 0 Å². The van der Waals surface area contributed by atoms with Crippen molar-refractivity contribution in [2.45, 2.75) is 6.42 Å². The molecular weight excluding hydrogens is 190 g/mol. The minimum absolute atomic E-state index is 0.470. The third-order valence-corrected chi connectivity index (χ3v) is 1.88. The molecule has 0 atom stereocenters. The Labute approximate surface area is 88.0 Å². The molecule has 0 aliphatic carbocycles. The molecule has 15 heavy (non-hydrogen) atoms. The van der Waals surface area contributed by atoms with Gasteiger partial charge in [-0.25, -0.2) is 0 Å². The van der Waals surface area contributed by atoms with E-state index >= 15 is 0 Å². The fraction of sp³-hybridized carbons (Fsp3) is 0.200. The zero-order valence-corrected chi connectivity index (χ0v) is 8.30. The Morgan fingerprint density at radius 3 is 2.80 bits per heavy atom. The van der Waals surface area contributed by atoms with Gasteiger partial charge in [0.25, 0.3) is 0 Å². The van der Waals surface area contributed by atoms with Crippen LogP contribution in [0.4, 0.5) is 11.4 Å². The Morgan fingerprint density at radius 1 is 1.33 bits per heavy atom. The second-order valence-electron chi connectivity index (χ2n) is 3.03. The normalized spacial score (nSPS) is 10.1. The van der Waals surface area contributed by atoms with Crippen LogP contribution in [0.1, 0.15) is 12.0 Å². The summed E-state index contributed by atoms with van der Waals surface area (Å²) in [5, 5.41) is 3.42. The number of benzene rings is 1. The van der Waals surface area contributed by atoms with Crippen LogP contribution >= 0.6 is 0 Å². The van der Waals surface area contributed by atoms with Crippen molar-refractivity contribution in [2.24, 2.45) is 5.11 Å². The van der Waals surface area contributed by atoms with Crippen LogP contribution in [0.2, 0.25) is 0 Å². The van der Waals surface area contributed by atoms with Crippen LogP contribution in [0.5, 0.6) is 0 Å². The number of nitrogens with zero attached hydrogens (tertiary/aromatic N) is 3. The predicted molar refractivity (Wildman–Crippen MR) is 62.9 cm³/mol. The van der Waals surface area contributed by atoms with Crippen LogP contribution in [0.15, 0.2) is 29.4 Å². The molecule has 0 fully saturated rings. The summed E-state index contributed by atoms with van der Waals surface area (Å²) in [5.41, 5.74) is 21.4. The summed E-state index contributed by atoms with van der Waals surface area (Å²) in [6.45, 7) is 0.470. The maximum atomic E-state index is 8.05. The fourth-order valence-corrected chi connectivity index (χ4v) is 1.09. The van der Waals surface area contributed by atoms with Gasteiger partial charge >= 0.3 is 0 Å². The molecule has 0 bridgehead atoms. The summed E-state index contributed by atoms with van der Waals surface area (Å²) >= 11 is 0. The lowest BCUT2D eigenvalue weighted by Crippen LogP contribution is -1.93. The molecule has 1 aromatic carbocycles. The zero-order valence-electron chi connectivity index (χ0n) is 8.30. The summed E-state index contributed by atoms with van der Waals surface area (Å²) in [6.07, 6.45) is 4.57. The molecule has 5 heteroatoms. The first-order chi connectivity index (χ1) is 7.24. The van der Waals surface area contributed by atoms with E-state index in [-0.39, 0.29) is 0 Å². The quantitative estimate of drug-likeness (QED) is 0.258. The van der Waals surface area contributed by atoms with Crippen molar-refractivity contribution in [2.75, 3.05) is 18.0 Å². The number of nitrogen functional groups attached to an aromatic ring is 2. The van der Waals surface area contributed by atoms with Gasteiger partial charge in [-0.3, -0.25) is 0 Å². The Hall–Kier alpha value is -2.13. The molecule has 1 aromatic rings. The maximum Gasteiger partial charge on any atom is 0.0553 e. The van der Waals surface area contributed by atoms with Crippen LogP contribution in [0.3, 0.4) is 0 Å². The first-order valence-electron chi connectivity index (χ1n) is 4.56. The molecule has 0 aromatic heterocycles. The van der Waals surface area contributed by atoms with E-state index in [4.69, 9.17) is 17.0 Å². The van der Waals surface area contributed by atoms with Gasteiger partial charge in [-0.15, -0.1) is 0 Å². The maximum absolute atomic E-state index is 8.05. The van der Waals surface area contributed by atoms with Gasteiger partial charge in [0.15, 0.2) is 0 Å². The van der Waals surface area contributed by atoms with Crippen molar-refractivity contribution in [1.29, 1.82) is 0 Å². The number of azide groups is 1. The molecule has 0 aliphatic heterocycles. The Kier molecular flexibility index (Phi) is 4.06. The molecule has 0 saturated carbocycles. The molecule has 0 saturated heterocycles. The average molecular weight is 203 g/mol. The molecule has 0 spiro atoms. The number of rotatable bonds is 4. The van der Waals surface area contributed by atoms with E-state index in [9.17, 15) is 0 Å². The van der Waals surface area contributed by atoms with Crippen molar-refractivity contribution in [1.82, 2.24) is 0 Å². The summed E-state index contributed by atoms with van der Waals surface area (Å²) in [6, 6.07) is 5.46. The molecule has 4 N–H and O–H groups in total. The third-order valence-electron chi connectivity index (χ3n) is 1.88. The summed E-state index contributed by atoms with van der Waals surface area (Å²) in [4.78, 5) is 2.66. The molecular formula is C10H13N5. The first-order valence-corrected chi connectivity index (χ1v) is 4.56. The van der Waals surface area contributed by atoms with E-state index in [0.29, 0.717) is 24.3 Å². The topological polar surface area (TPSA) is 101 Å². The van der Waals surface area contributed by atoms with Crippen LogP contribution in [0.25, 0.3) is 16.5 Å². The lowest BCUT2D eigenvalue weighted by atomic mass is 10.1. The monoisotopic (exact) mass is 203 g/mol. The Morgan fingerprint density at radius 2 is 2.13 bits per heavy atom. The number of hydrogen-bond acceptors (Lipinski definition) is 3. The predicted octanol–water partition coefficient (Wildman–Crippen LogP) is 2.56. The van der Waals surface area contributed by atoms with Gasteiger partial charge in [-0.1, -0.05) is 23.3 Å². The summed E-state index contributed by atoms with van der Waals surface area (Å²) < 4.78 is 0. The van der Waals surface area contributed by atoms with Crippen molar-refractivity contribution < 1.29 is 0 Å². The highest BCUT2D eigenvalue weighted by molar-refractivity contribution is 5.68. The minimum Gasteiger partial charge on any atom is -0.397 e. The van der Waals surface area contributed by atoms with E-state index in [1.165, 1.54) is 0 Å². The molecule has 0 amide bonds. The van der Waals surface area contributed by atoms with Gasteiger partial charge < -0.3 is 11.5 Å². The Balaban J connectivity index is 2.56. The highest BCUT2D eigenvalue weighted by Crippen LogP contribution is 2.16. The number of hydrogen-bond donors (Lipinski definition) is 2. The van der Waals surface area contributed by atoms with E-state index in [2.05, 4.69) is 10.0 Å². The van der Waals surface area contributed by atoms with Crippen molar-refractivity contribution >= 4 is 17.5 Å². The van der Waals surface area contributed by atoms with Gasteiger partial charge in [-0.2, -0.15) is 0 Å². The second-order valence-corrected chi connectivity index (χ2v) is 3.03. The highest BCUT2D eigenvalue weighted by Gasteiger charge is 1.93. The van der Waals surface area contributed by atoms with Crippen LogP contribution in [0, 0.1) is 0 Å². The van der Waals surface area contributed by atoms with E-state index < -0.39 is 0 Å². The highest BCUT2D eigenvalue weighted by atomic mass is 15.1. The van der Waals surface area contributed by atoms with E-state index in [0.717, 1.165) is 5.56 Å². The first kappa shape index (κ1) is 10.9. The molecule has 0 radical (unpaired) electrons. The summed E-state index contributed by atoms with van der Waals surface area (Å²) in [5.74, 6) is 0. The fourth-order valence-electron chi connectivity index (χ4n) is 1.09. The van der Waals surface area contributed by atoms with Gasteiger partial charge in [-0.05, 0) is 29.6 Å². The van der Waals surface area contributed by atoms with Crippen LogP contribution in [-0.2, 0) is 0 Å². The number of anilines is 2. The minimum atomic E-state index is 0.470. The third kappa shape index (κ3) is 3.62. The molecule has 5 nitrogen and oxygen atoms in total. The standard InChI is InChI=1S/C10H13N5/c11-9-5-4-8(7-10(9)12)3-1-2-6-14-15-13/h1,3-5,7H,2,6,11-12H2. The van der Waals surface area contributed by atoms with E-state index in [1.54, 1.807) is 12.1 Å². The number of nitrogens with two attached hydrogens (primary N) is 2. The van der Waals surface area contributed by atoms with Crippen LogP contribution in [-0.4, -0.2) is 6.54 Å². The summed E-state index contributed by atoms with van der Waals surface area (Å²) in [7, 11) is 0. The molecule has 78 valence electrons. The zero-order chi connectivity index (χ0) is 11.1. The molecule has 1 rings (SSSR count). The lowest BCUT2D eigenvalue weighted by Gasteiger charge is -2.00. The lowest BCUT2D eigenvalue weighted by molar-refractivity contribution is 0.996. The van der Waals surface area contributed by atoms with Crippen molar-refractivity contribution in [3.05, 3.63) is 40.3 Å². The van der Waals surface area contributed by atoms with Crippen molar-refractivity contribution in [3.63, 3.8) is 0 Å². The van der Waals surface area contributed by atoms with Gasteiger partial charge in [0, 0.05) is 11.5 Å². The second kappa shape index (κ2) is 5.57. The molecule has 0 heterocycles. The van der Waals surface area contributed by atoms with E-state index in [1.807, 2.05) is 18.2 Å². The SMILES string of the molecule is [N-]=[N+]=NCCC=Cc1ccc(N)c(N)c1. The molecule has 0 unspecified atom stereocenters. The van der Waals surface area contributed by atoms with Gasteiger partial charge in [0.05, 0.1) is 11.4 Å². The Bertz CT molecular complexity index is 404. The largest absolute Gasteiger partial charge is 0.397 e. The average Bonchev–Trinajstić information content (AvgIpc) is 2.23. The van der Waals surface area contributed by atoms with Gasteiger partial charge in [0.1, 0.15) is 0 Å². The van der Waals surface area contributed by atoms with Crippen LogP contribution < -0.4 is 11.5 Å². The van der Waals surface area contributed by atoms with Crippen molar-refractivity contribution in [3.8, 4) is 0 Å². The smallest absolute Gasteiger partial charge is 0.0553 e. The molecule has 0 aliphatic rings.